The maximum Gasteiger partial charge on any atom is 0.0998 e. The van der Waals surface area contributed by atoms with Gasteiger partial charge in [0, 0.05) is 5.39 Å². The van der Waals surface area contributed by atoms with Gasteiger partial charge in [-0.1, -0.05) is 170 Å². The van der Waals surface area contributed by atoms with E-state index in [4.69, 9.17) is 0 Å². The largest absolute Gasteiger partial charge is 0.192 e. The predicted molar refractivity (Wildman–Crippen MR) is 227 cm³/mol. The van der Waals surface area contributed by atoms with Gasteiger partial charge >= 0.3 is 0 Å². The van der Waals surface area contributed by atoms with Crippen LogP contribution in [-0.2, 0) is 0 Å². The van der Waals surface area contributed by atoms with Crippen LogP contribution in [0.4, 0.5) is 0 Å². The van der Waals surface area contributed by atoms with Gasteiger partial charge in [-0.05, 0) is 123 Å². The Kier molecular flexibility index (Phi) is 6.68. The van der Waals surface area contributed by atoms with Gasteiger partial charge in [-0.15, -0.1) is 0 Å². The number of benzene rings is 10. The van der Waals surface area contributed by atoms with Crippen molar-refractivity contribution >= 4 is 43.1 Å². The van der Waals surface area contributed by atoms with Gasteiger partial charge in [0.1, 0.15) is 0 Å². The molecular formula is C53H31N. The number of hydrogen-bond donors (Lipinski definition) is 0. The Morgan fingerprint density at radius 3 is 1.35 bits per heavy atom. The highest BCUT2D eigenvalue weighted by molar-refractivity contribution is 6.28. The molecule has 0 heterocycles. The second-order valence-corrected chi connectivity index (χ2v) is 14.3. The Balaban J connectivity index is 1.12. The van der Waals surface area contributed by atoms with Gasteiger partial charge in [0.15, 0.2) is 0 Å². The monoisotopic (exact) mass is 681 g/mol. The molecule has 248 valence electrons. The molecule has 0 fully saturated rings. The van der Waals surface area contributed by atoms with E-state index in [0.717, 1.165) is 21.9 Å². The molecule has 0 aliphatic heterocycles. The quantitative estimate of drug-likeness (QED) is 0.181. The summed E-state index contributed by atoms with van der Waals surface area (Å²) in [4.78, 5) is 0. The van der Waals surface area contributed by atoms with E-state index in [1.165, 1.54) is 88.0 Å². The minimum absolute atomic E-state index is 0.703. The number of fused-ring (bicyclic) bond motifs is 6. The van der Waals surface area contributed by atoms with E-state index in [-0.39, 0.29) is 0 Å². The highest BCUT2D eigenvalue weighted by Crippen LogP contribution is 2.58. The molecule has 10 aromatic carbocycles. The summed E-state index contributed by atoms with van der Waals surface area (Å²) in [6.45, 7) is 0. The van der Waals surface area contributed by atoms with E-state index < -0.39 is 0 Å². The van der Waals surface area contributed by atoms with Gasteiger partial charge in [0.05, 0.1) is 11.6 Å². The summed E-state index contributed by atoms with van der Waals surface area (Å²) in [6.07, 6.45) is 0. The fourth-order valence-electron chi connectivity index (χ4n) is 9.09. The molecule has 1 nitrogen and oxygen atoms in total. The summed E-state index contributed by atoms with van der Waals surface area (Å²) < 4.78 is 0. The van der Waals surface area contributed by atoms with Gasteiger partial charge in [-0.25, -0.2) is 0 Å². The maximum absolute atomic E-state index is 9.71. The van der Waals surface area contributed by atoms with Crippen LogP contribution in [0.2, 0.25) is 0 Å². The van der Waals surface area contributed by atoms with Crippen molar-refractivity contribution in [3.8, 4) is 72.8 Å². The summed E-state index contributed by atoms with van der Waals surface area (Å²) in [5.74, 6) is 0. The van der Waals surface area contributed by atoms with Crippen LogP contribution in [0.3, 0.4) is 0 Å². The van der Waals surface area contributed by atoms with Crippen LogP contribution < -0.4 is 0 Å². The molecule has 0 bridgehead atoms. The predicted octanol–water partition coefficient (Wildman–Crippen LogP) is 14.5. The van der Waals surface area contributed by atoms with Crippen LogP contribution in [0.1, 0.15) is 5.56 Å². The van der Waals surface area contributed by atoms with E-state index in [0.29, 0.717) is 5.56 Å². The van der Waals surface area contributed by atoms with E-state index in [1.807, 2.05) is 24.3 Å². The van der Waals surface area contributed by atoms with Crippen molar-refractivity contribution in [3.63, 3.8) is 0 Å². The summed E-state index contributed by atoms with van der Waals surface area (Å²) >= 11 is 0. The lowest BCUT2D eigenvalue weighted by atomic mass is 9.82. The van der Waals surface area contributed by atoms with Crippen LogP contribution in [0.5, 0.6) is 0 Å². The Bertz CT molecular complexity index is 3110. The fraction of sp³-hybridized carbons (Fsp3) is 0. The van der Waals surface area contributed by atoms with Gasteiger partial charge < -0.3 is 0 Å². The molecule has 1 aliphatic carbocycles. The standard InChI is InChI=1S/C53H31N/c54-32-39-26-27-41(43-17-8-7-16-40(39)43)37-24-22-36-31-38(25-23-35(36)30-37)42-28-29-48-51-44(42)20-11-21-47(51)52-49(33-12-3-1-4-13-33)45-18-9-10-19-46(45)50(53(48)52)34-14-5-2-6-15-34/h1-31H. The summed E-state index contributed by atoms with van der Waals surface area (Å²) in [5, 5.41) is 19.3. The van der Waals surface area contributed by atoms with Crippen LogP contribution in [0.25, 0.3) is 110 Å². The molecule has 0 spiro atoms. The molecule has 54 heavy (non-hydrogen) atoms. The van der Waals surface area contributed by atoms with Gasteiger partial charge in [0.25, 0.3) is 0 Å². The second kappa shape index (κ2) is 11.9. The van der Waals surface area contributed by atoms with E-state index in [9.17, 15) is 5.26 Å². The van der Waals surface area contributed by atoms with Crippen molar-refractivity contribution in [3.05, 3.63) is 194 Å². The molecule has 1 heteroatoms. The molecule has 1 aliphatic rings. The first-order valence-corrected chi connectivity index (χ1v) is 18.5. The van der Waals surface area contributed by atoms with Crippen molar-refractivity contribution in [2.45, 2.75) is 0 Å². The number of nitrogens with zero attached hydrogens (tertiary/aromatic N) is 1. The van der Waals surface area contributed by atoms with Crippen molar-refractivity contribution in [1.82, 2.24) is 0 Å². The third kappa shape index (κ3) is 4.44. The van der Waals surface area contributed by atoms with E-state index in [1.54, 1.807) is 0 Å². The minimum atomic E-state index is 0.703. The third-order valence-electron chi connectivity index (χ3n) is 11.4. The van der Waals surface area contributed by atoms with Crippen LogP contribution in [0.15, 0.2) is 188 Å². The molecule has 11 rings (SSSR count). The highest BCUT2D eigenvalue weighted by atomic mass is 14.3. The smallest absolute Gasteiger partial charge is 0.0998 e. The number of hydrogen-bond acceptors (Lipinski definition) is 1. The lowest BCUT2D eigenvalue weighted by Crippen LogP contribution is -1.93. The third-order valence-corrected chi connectivity index (χ3v) is 11.4. The molecule has 0 N–H and O–H groups in total. The van der Waals surface area contributed by atoms with Gasteiger partial charge in [-0.3, -0.25) is 0 Å². The summed E-state index contributed by atoms with van der Waals surface area (Å²) in [6, 6.07) is 70.5. The van der Waals surface area contributed by atoms with Crippen LogP contribution >= 0.6 is 0 Å². The normalized spacial score (nSPS) is 11.7. The number of rotatable bonds is 4. The highest BCUT2D eigenvalue weighted by Gasteiger charge is 2.31. The van der Waals surface area contributed by atoms with Crippen molar-refractivity contribution < 1.29 is 0 Å². The Morgan fingerprint density at radius 1 is 0.296 bits per heavy atom. The first kappa shape index (κ1) is 30.4. The first-order chi connectivity index (χ1) is 26.8. The lowest BCUT2D eigenvalue weighted by Gasteiger charge is -2.20. The zero-order valence-electron chi connectivity index (χ0n) is 29.3. The zero-order chi connectivity index (χ0) is 35.8. The first-order valence-electron chi connectivity index (χ1n) is 18.5. The van der Waals surface area contributed by atoms with Gasteiger partial charge in [0.2, 0.25) is 0 Å². The van der Waals surface area contributed by atoms with Gasteiger partial charge in [-0.2, -0.15) is 5.26 Å². The molecule has 0 saturated heterocycles. The Labute approximate surface area is 313 Å². The SMILES string of the molecule is N#Cc1ccc(-c2ccc3cc(-c4ccc5c6c(cccc46)-c4c-5c(-c5ccccc5)c5ccccc5c4-c4ccccc4)ccc3c2)c2ccccc12. The summed E-state index contributed by atoms with van der Waals surface area (Å²) in [5.41, 5.74) is 15.7. The lowest BCUT2D eigenvalue weighted by molar-refractivity contribution is 1.50. The van der Waals surface area contributed by atoms with E-state index >= 15 is 0 Å². The fourth-order valence-corrected chi connectivity index (χ4v) is 9.09. The maximum atomic E-state index is 9.71. The second-order valence-electron chi connectivity index (χ2n) is 14.3. The van der Waals surface area contributed by atoms with Crippen LogP contribution in [0, 0.1) is 11.3 Å². The van der Waals surface area contributed by atoms with Crippen molar-refractivity contribution in [1.29, 1.82) is 5.26 Å². The molecule has 0 unspecified atom stereocenters. The molecular weight excluding hydrogens is 651 g/mol. The summed E-state index contributed by atoms with van der Waals surface area (Å²) in [7, 11) is 0. The average Bonchev–Trinajstić information content (AvgIpc) is 3.57. The molecule has 0 radical (unpaired) electrons. The number of nitriles is 1. The Hall–Kier alpha value is -7.27. The molecule has 0 saturated carbocycles. The average molecular weight is 682 g/mol. The molecule has 0 atom stereocenters. The van der Waals surface area contributed by atoms with E-state index in [2.05, 4.69) is 170 Å². The Morgan fingerprint density at radius 2 is 0.759 bits per heavy atom. The topological polar surface area (TPSA) is 23.8 Å². The minimum Gasteiger partial charge on any atom is -0.192 e. The zero-order valence-corrected chi connectivity index (χ0v) is 29.3. The molecule has 0 aromatic heterocycles. The van der Waals surface area contributed by atoms with Crippen molar-refractivity contribution in [2.75, 3.05) is 0 Å². The molecule has 10 aromatic rings. The molecule has 0 amide bonds. The van der Waals surface area contributed by atoms with Crippen LogP contribution in [-0.4, -0.2) is 0 Å². The van der Waals surface area contributed by atoms with Crippen molar-refractivity contribution in [2.24, 2.45) is 0 Å².